The fourth-order valence-electron chi connectivity index (χ4n) is 2.08. The smallest absolute Gasteiger partial charge is 0.0118 e. The van der Waals surface area contributed by atoms with Crippen molar-refractivity contribution in [1.82, 2.24) is 0 Å². The molecule has 0 N–H and O–H groups in total. The SMILES string of the molecule is C[C](C1CCCS1)C1CCCS1. The van der Waals surface area contributed by atoms with Crippen LogP contribution in [0.5, 0.6) is 0 Å². The highest BCUT2D eigenvalue weighted by Crippen LogP contribution is 2.42. The topological polar surface area (TPSA) is 0 Å². The Morgan fingerprint density at radius 3 is 1.83 bits per heavy atom. The summed E-state index contributed by atoms with van der Waals surface area (Å²) in [5, 5.41) is 1.83. The maximum Gasteiger partial charge on any atom is 0.0118 e. The first kappa shape index (κ1) is 9.26. The average molecular weight is 201 g/mol. The molecule has 0 nitrogen and oxygen atoms in total. The summed E-state index contributed by atoms with van der Waals surface area (Å²) < 4.78 is 0. The standard InChI is InChI=1S/C10H17S2/c1-8(9-4-2-6-11-9)10-5-3-7-12-10/h9-10H,2-7H2,1H3. The van der Waals surface area contributed by atoms with E-state index >= 15 is 0 Å². The molecule has 12 heavy (non-hydrogen) atoms. The molecule has 69 valence electrons. The zero-order chi connectivity index (χ0) is 8.39. The van der Waals surface area contributed by atoms with E-state index in [1.807, 2.05) is 0 Å². The fraction of sp³-hybridized carbons (Fsp3) is 0.900. The van der Waals surface area contributed by atoms with Gasteiger partial charge in [-0.25, -0.2) is 0 Å². The van der Waals surface area contributed by atoms with Crippen LogP contribution in [0.3, 0.4) is 0 Å². The molecule has 2 atom stereocenters. The van der Waals surface area contributed by atoms with Crippen LogP contribution in [0.2, 0.25) is 0 Å². The minimum absolute atomic E-state index is 0.917. The van der Waals surface area contributed by atoms with E-state index in [1.165, 1.54) is 37.2 Å². The molecule has 2 heterocycles. The summed E-state index contributed by atoms with van der Waals surface area (Å²) in [5.41, 5.74) is 0. The zero-order valence-electron chi connectivity index (χ0n) is 7.71. The summed E-state index contributed by atoms with van der Waals surface area (Å²) in [7, 11) is 0. The van der Waals surface area contributed by atoms with Gasteiger partial charge in [-0.2, -0.15) is 23.5 Å². The third-order valence-corrected chi connectivity index (χ3v) is 5.94. The van der Waals surface area contributed by atoms with Gasteiger partial charge < -0.3 is 0 Å². The molecule has 2 aliphatic rings. The molecule has 2 heteroatoms. The Bertz CT molecular complexity index is 119. The van der Waals surface area contributed by atoms with Crippen LogP contribution in [0.15, 0.2) is 0 Å². The lowest BCUT2D eigenvalue weighted by molar-refractivity contribution is 0.700. The molecule has 2 unspecified atom stereocenters. The predicted molar refractivity (Wildman–Crippen MR) is 59.9 cm³/mol. The number of hydrogen-bond acceptors (Lipinski definition) is 2. The van der Waals surface area contributed by atoms with Crippen molar-refractivity contribution < 1.29 is 0 Å². The Hall–Kier alpha value is 0.700. The largest absolute Gasteiger partial charge is 0.158 e. The van der Waals surface area contributed by atoms with E-state index < -0.39 is 0 Å². The van der Waals surface area contributed by atoms with Crippen LogP contribution in [0, 0.1) is 5.92 Å². The van der Waals surface area contributed by atoms with Crippen LogP contribution in [-0.2, 0) is 0 Å². The highest BCUT2D eigenvalue weighted by atomic mass is 32.2. The normalized spacial score (nSPS) is 36.5. The van der Waals surface area contributed by atoms with Crippen molar-refractivity contribution in [2.45, 2.75) is 43.1 Å². The van der Waals surface area contributed by atoms with Crippen molar-refractivity contribution in [2.75, 3.05) is 11.5 Å². The van der Waals surface area contributed by atoms with Crippen molar-refractivity contribution in [2.24, 2.45) is 0 Å². The maximum absolute atomic E-state index is 2.39. The lowest BCUT2D eigenvalue weighted by atomic mass is 9.97. The second kappa shape index (κ2) is 4.28. The van der Waals surface area contributed by atoms with Gasteiger partial charge in [0, 0.05) is 10.5 Å². The third-order valence-electron chi connectivity index (χ3n) is 2.88. The summed E-state index contributed by atoms with van der Waals surface area (Å²) in [6.45, 7) is 2.39. The molecule has 2 aliphatic heterocycles. The van der Waals surface area contributed by atoms with Crippen LogP contribution in [0.4, 0.5) is 0 Å². The zero-order valence-corrected chi connectivity index (χ0v) is 9.35. The number of thioether (sulfide) groups is 2. The van der Waals surface area contributed by atoms with Gasteiger partial charge in [0.1, 0.15) is 0 Å². The van der Waals surface area contributed by atoms with Gasteiger partial charge in [-0.1, -0.05) is 6.92 Å². The molecule has 0 amide bonds. The molecule has 0 aliphatic carbocycles. The molecule has 1 radical (unpaired) electrons. The van der Waals surface area contributed by atoms with Crippen LogP contribution >= 0.6 is 23.5 Å². The first-order chi connectivity index (χ1) is 5.88. The molecule has 0 aromatic heterocycles. The molecule has 0 aromatic rings. The molecule has 2 saturated heterocycles. The van der Waals surface area contributed by atoms with Gasteiger partial charge in [-0.05, 0) is 43.1 Å². The van der Waals surface area contributed by atoms with E-state index in [0.29, 0.717) is 0 Å². The second-order valence-electron chi connectivity index (χ2n) is 3.75. The van der Waals surface area contributed by atoms with Gasteiger partial charge >= 0.3 is 0 Å². The van der Waals surface area contributed by atoms with E-state index in [0.717, 1.165) is 10.5 Å². The lowest BCUT2D eigenvalue weighted by Crippen LogP contribution is -2.19. The van der Waals surface area contributed by atoms with E-state index in [1.54, 1.807) is 5.92 Å². The predicted octanol–water partition coefficient (Wildman–Crippen LogP) is 3.37. The van der Waals surface area contributed by atoms with E-state index in [4.69, 9.17) is 0 Å². The summed E-state index contributed by atoms with van der Waals surface area (Å²) in [5.74, 6) is 4.60. The van der Waals surface area contributed by atoms with Gasteiger partial charge in [-0.3, -0.25) is 0 Å². The van der Waals surface area contributed by atoms with E-state index in [-0.39, 0.29) is 0 Å². The number of rotatable bonds is 2. The Balaban J connectivity index is 1.84. The average Bonchev–Trinajstić information content (AvgIpc) is 2.77. The molecular formula is C10H17S2. The van der Waals surface area contributed by atoms with Crippen molar-refractivity contribution in [1.29, 1.82) is 0 Å². The minimum atomic E-state index is 0.917. The van der Waals surface area contributed by atoms with E-state index in [9.17, 15) is 0 Å². The minimum Gasteiger partial charge on any atom is -0.158 e. The molecule has 0 spiro atoms. The van der Waals surface area contributed by atoms with Gasteiger partial charge in [0.15, 0.2) is 0 Å². The molecule has 0 bridgehead atoms. The highest BCUT2D eigenvalue weighted by molar-refractivity contribution is 8.01. The molecule has 0 saturated carbocycles. The van der Waals surface area contributed by atoms with Gasteiger partial charge in [0.25, 0.3) is 0 Å². The Kier molecular flexibility index (Phi) is 3.30. The van der Waals surface area contributed by atoms with Crippen LogP contribution in [-0.4, -0.2) is 22.0 Å². The summed E-state index contributed by atoms with van der Waals surface area (Å²) in [4.78, 5) is 0. The Morgan fingerprint density at radius 1 is 1.00 bits per heavy atom. The van der Waals surface area contributed by atoms with Gasteiger partial charge in [0.05, 0.1) is 0 Å². The van der Waals surface area contributed by atoms with Crippen LogP contribution in [0.25, 0.3) is 0 Å². The summed E-state index contributed by atoms with van der Waals surface area (Å²) >= 11 is 4.37. The summed E-state index contributed by atoms with van der Waals surface area (Å²) in [6.07, 6.45) is 5.80. The first-order valence-corrected chi connectivity index (χ1v) is 7.04. The van der Waals surface area contributed by atoms with Crippen molar-refractivity contribution in [3.8, 4) is 0 Å². The Labute approximate surface area is 84.3 Å². The van der Waals surface area contributed by atoms with Crippen LogP contribution < -0.4 is 0 Å². The molecule has 2 rings (SSSR count). The second-order valence-corrected chi connectivity index (χ2v) is 6.37. The fourth-order valence-corrected chi connectivity index (χ4v) is 4.92. The monoisotopic (exact) mass is 201 g/mol. The van der Waals surface area contributed by atoms with Crippen molar-refractivity contribution in [3.05, 3.63) is 5.92 Å². The molecule has 2 fully saturated rings. The highest BCUT2D eigenvalue weighted by Gasteiger charge is 2.31. The van der Waals surface area contributed by atoms with Crippen molar-refractivity contribution >= 4 is 23.5 Å². The molecule has 0 aromatic carbocycles. The third kappa shape index (κ3) is 1.95. The lowest BCUT2D eigenvalue weighted by Gasteiger charge is -2.22. The quantitative estimate of drug-likeness (QED) is 0.672. The number of hydrogen-bond donors (Lipinski definition) is 0. The van der Waals surface area contributed by atoms with Crippen LogP contribution in [0.1, 0.15) is 32.6 Å². The first-order valence-electron chi connectivity index (χ1n) is 4.94. The van der Waals surface area contributed by atoms with Gasteiger partial charge in [-0.15, -0.1) is 0 Å². The molecular weight excluding hydrogens is 184 g/mol. The Morgan fingerprint density at radius 2 is 1.50 bits per heavy atom. The maximum atomic E-state index is 2.39. The van der Waals surface area contributed by atoms with E-state index in [2.05, 4.69) is 30.4 Å². The summed E-state index contributed by atoms with van der Waals surface area (Å²) in [6, 6.07) is 0. The van der Waals surface area contributed by atoms with Gasteiger partial charge in [0.2, 0.25) is 0 Å². The van der Waals surface area contributed by atoms with Crippen molar-refractivity contribution in [3.63, 3.8) is 0 Å².